The van der Waals surface area contributed by atoms with Crippen LogP contribution in [0.4, 0.5) is 0 Å². The molecule has 0 aromatic carbocycles. The monoisotopic (exact) mass is 655 g/mol. The molecule has 250 valence electrons. The van der Waals surface area contributed by atoms with Crippen LogP contribution in [0.1, 0.15) is 53.1 Å². The van der Waals surface area contributed by atoms with Crippen molar-refractivity contribution in [3.05, 3.63) is 34.9 Å². The van der Waals surface area contributed by atoms with Gasteiger partial charge in [0.05, 0.1) is 24.6 Å². The van der Waals surface area contributed by atoms with Gasteiger partial charge in [-0.3, -0.25) is 23.1 Å². The Kier molecular flexibility index (Phi) is 9.24. The third kappa shape index (κ3) is 5.77. The van der Waals surface area contributed by atoms with Crippen LogP contribution in [-0.2, 0) is 28.5 Å². The van der Waals surface area contributed by atoms with Crippen molar-refractivity contribution in [2.75, 3.05) is 13.2 Å². The van der Waals surface area contributed by atoms with Gasteiger partial charge >= 0.3 is 19.1 Å². The third-order valence-electron chi connectivity index (χ3n) is 7.81. The molecule has 19 heteroatoms. The molecule has 3 N–H and O–H groups in total. The van der Waals surface area contributed by atoms with E-state index in [-0.39, 0.29) is 26.4 Å². The number of fused-ring (bicyclic) bond motifs is 7. The molecule has 0 amide bonds. The van der Waals surface area contributed by atoms with Crippen molar-refractivity contribution in [1.82, 2.24) is 37.9 Å². The van der Waals surface area contributed by atoms with Crippen molar-refractivity contribution in [3.8, 4) is 6.07 Å². The fourth-order valence-corrected chi connectivity index (χ4v) is 5.87. The molecule has 0 saturated carbocycles. The van der Waals surface area contributed by atoms with Gasteiger partial charge in [0.15, 0.2) is 28.1 Å². The Labute approximate surface area is 266 Å². The lowest BCUT2D eigenvalue weighted by Crippen LogP contribution is -2.33. The Morgan fingerprint density at radius 1 is 1.09 bits per heavy atom. The number of carbonyl (C=O) groups is 2. The van der Waals surface area contributed by atoms with E-state index in [2.05, 4.69) is 19.9 Å². The zero-order valence-corrected chi connectivity index (χ0v) is 25.8. The van der Waals surface area contributed by atoms with Gasteiger partial charge in [-0.25, -0.2) is 29.1 Å². The maximum absolute atomic E-state index is 13.7. The van der Waals surface area contributed by atoms with Crippen molar-refractivity contribution in [2.24, 2.45) is 0 Å². The van der Waals surface area contributed by atoms with Crippen LogP contribution >= 0.6 is 0 Å². The van der Waals surface area contributed by atoms with E-state index in [9.17, 15) is 24.6 Å². The molecule has 2 aliphatic heterocycles. The van der Waals surface area contributed by atoms with E-state index in [1.54, 1.807) is 28.2 Å². The number of imidazole rings is 3. The van der Waals surface area contributed by atoms with Gasteiger partial charge in [0.1, 0.15) is 43.2 Å². The molecule has 7 rings (SSSR count). The van der Waals surface area contributed by atoms with Crippen molar-refractivity contribution >= 4 is 45.7 Å². The van der Waals surface area contributed by atoms with Gasteiger partial charge in [-0.1, -0.05) is 0 Å². The van der Waals surface area contributed by atoms with Crippen LogP contribution in [0.3, 0.4) is 0 Å². The van der Waals surface area contributed by atoms with Crippen LogP contribution < -0.4 is 10.8 Å². The summed E-state index contributed by atoms with van der Waals surface area (Å²) < 4.78 is 28.4. The first-order valence-corrected chi connectivity index (χ1v) is 14.4. The topological polar surface area (TPSA) is 257 Å². The van der Waals surface area contributed by atoms with Crippen molar-refractivity contribution in [3.63, 3.8) is 0 Å². The molecular formula is C28H33N9O10. The summed E-state index contributed by atoms with van der Waals surface area (Å²) in [5.74, 6) is -0.967. The molecule has 19 nitrogen and oxygen atoms in total. The molecule has 0 unspecified atom stereocenters. The Morgan fingerprint density at radius 3 is 2.43 bits per heavy atom. The third-order valence-corrected chi connectivity index (χ3v) is 7.81. The fraction of sp³-hybridized carbons (Fsp3) is 0.500. The first-order chi connectivity index (χ1) is 22.1. The molecule has 6 atom stereocenters. The second-order valence-electron chi connectivity index (χ2n) is 10.9. The summed E-state index contributed by atoms with van der Waals surface area (Å²) in [5, 5.41) is 28.9. The van der Waals surface area contributed by atoms with E-state index < -0.39 is 61.1 Å². The van der Waals surface area contributed by atoms with Crippen molar-refractivity contribution in [1.29, 1.82) is 5.26 Å². The highest BCUT2D eigenvalue weighted by atomic mass is 16.6. The van der Waals surface area contributed by atoms with Crippen LogP contribution in [-0.4, -0.2) is 98.0 Å². The van der Waals surface area contributed by atoms with Gasteiger partial charge < -0.3 is 34.6 Å². The Bertz CT molecular complexity index is 2080. The van der Waals surface area contributed by atoms with Crippen molar-refractivity contribution < 1.29 is 45.7 Å². The lowest BCUT2D eigenvalue weighted by atomic mass is 10.2. The van der Waals surface area contributed by atoms with E-state index >= 15 is 0 Å². The van der Waals surface area contributed by atoms with Gasteiger partial charge in [0.25, 0.3) is 0 Å². The second-order valence-corrected chi connectivity index (χ2v) is 10.9. The summed E-state index contributed by atoms with van der Waals surface area (Å²) in [5.41, 5.74) is 2.48. The Balaban J connectivity index is 0.00000100. The summed E-state index contributed by atoms with van der Waals surface area (Å²) in [6, 6.07) is 1.75. The number of nitrogens with zero attached hydrogens (tertiary/aromatic N) is 9. The summed E-state index contributed by atoms with van der Waals surface area (Å²) in [6.45, 7) is 5.10. The van der Waals surface area contributed by atoms with Crippen LogP contribution in [0.15, 0.2) is 23.6 Å². The van der Waals surface area contributed by atoms with E-state index in [0.29, 0.717) is 39.3 Å². The van der Waals surface area contributed by atoms with E-state index in [4.69, 9.17) is 24.2 Å². The zero-order valence-electron chi connectivity index (χ0n) is 26.8. The normalized spacial score (nSPS) is 23.9. The minimum atomic E-state index is -0.971. The molecule has 2 fully saturated rings. The van der Waals surface area contributed by atoms with Gasteiger partial charge in [-0.15, -0.1) is 6.61 Å². The van der Waals surface area contributed by atoms with Crippen molar-refractivity contribution in [2.45, 2.75) is 77.4 Å². The van der Waals surface area contributed by atoms with Crippen LogP contribution in [0.25, 0.3) is 33.8 Å². The predicted molar refractivity (Wildman–Crippen MR) is 158 cm³/mol. The SMILES string of the molecule is CC#N.CC(=O)OC[C@H]1O[C@@H](n2cnc3c2ncn2c3nc3nc4c(C)cn([C@H]5C[C@H](O)[C@@H](C[O-])O5)c(=O)n4c32)C[C@@H]1OC(C)=O.O.[H+]. The zero-order chi connectivity index (χ0) is 32.9. The highest BCUT2D eigenvalue weighted by molar-refractivity contribution is 5.91. The molecule has 0 bridgehead atoms. The molecular weight excluding hydrogens is 622 g/mol. The molecule has 2 aliphatic rings. The van der Waals surface area contributed by atoms with Crippen LogP contribution in [0.5, 0.6) is 0 Å². The fourth-order valence-electron chi connectivity index (χ4n) is 5.87. The number of nitriles is 1. The first kappa shape index (κ1) is 33.4. The van der Waals surface area contributed by atoms with Gasteiger partial charge in [0.2, 0.25) is 0 Å². The summed E-state index contributed by atoms with van der Waals surface area (Å²) in [7, 11) is 0. The summed E-state index contributed by atoms with van der Waals surface area (Å²) in [4.78, 5) is 55.2. The number of rotatable bonds is 6. The summed E-state index contributed by atoms with van der Waals surface area (Å²) in [6.07, 6.45) is 0.376. The molecule has 7 heterocycles. The molecule has 5 aromatic rings. The number of aliphatic hydroxyl groups is 1. The number of carbonyl (C=O) groups excluding carboxylic acids is 2. The van der Waals surface area contributed by atoms with Gasteiger partial charge in [-0.05, 0) is 6.92 Å². The van der Waals surface area contributed by atoms with Gasteiger partial charge in [0, 0.05) is 45.4 Å². The quantitative estimate of drug-likeness (QED) is 0.214. The van der Waals surface area contributed by atoms with E-state index in [1.807, 2.05) is 0 Å². The number of aromatic nitrogens is 8. The first-order valence-electron chi connectivity index (χ1n) is 14.4. The maximum Gasteiger partial charge on any atom is 1.00 e. The number of esters is 2. The molecule has 5 aromatic heterocycles. The number of aliphatic hydroxyl groups excluding tert-OH is 1. The minimum absolute atomic E-state index is 0. The van der Waals surface area contributed by atoms with Gasteiger partial charge in [-0.2, -0.15) is 5.26 Å². The highest BCUT2D eigenvalue weighted by Gasteiger charge is 2.40. The molecule has 0 aliphatic carbocycles. The number of aryl methyl sites for hydroxylation is 1. The van der Waals surface area contributed by atoms with Crippen LogP contribution in [0, 0.1) is 18.3 Å². The second kappa shape index (κ2) is 13.0. The predicted octanol–water partition coefficient (Wildman–Crippen LogP) is -1.04. The molecule has 0 spiro atoms. The van der Waals surface area contributed by atoms with E-state index in [0.717, 1.165) is 0 Å². The average molecular weight is 656 g/mol. The number of hydrogen-bond donors (Lipinski definition) is 1. The highest BCUT2D eigenvalue weighted by Crippen LogP contribution is 2.34. The lowest BCUT2D eigenvalue weighted by Gasteiger charge is -2.18. The molecule has 0 radical (unpaired) electrons. The smallest absolute Gasteiger partial charge is 0.853 e. The lowest BCUT2D eigenvalue weighted by molar-refractivity contribution is -0.389. The number of ether oxygens (including phenoxy) is 4. The average Bonchev–Trinajstić information content (AvgIpc) is 3.81. The van der Waals surface area contributed by atoms with Crippen LogP contribution in [0.2, 0.25) is 0 Å². The Morgan fingerprint density at radius 2 is 1.77 bits per heavy atom. The largest absolute Gasteiger partial charge is 1.00 e. The Hall–Kier alpha value is -5.00. The van der Waals surface area contributed by atoms with E-state index in [1.165, 1.54) is 42.4 Å². The molecule has 47 heavy (non-hydrogen) atoms. The maximum atomic E-state index is 13.7. The summed E-state index contributed by atoms with van der Waals surface area (Å²) >= 11 is 0. The number of hydrogen-bond acceptors (Lipinski definition) is 14. The minimum Gasteiger partial charge on any atom is -0.853 e. The molecule has 2 saturated heterocycles. The standard InChI is InChI=1S/C26H27N8O9.C2H3N.H2O/c1-11-6-31(18-4-14(38)16(7-35)42-18)26(39)34-22(11)29-21-25(34)33-10-28-23-20(24(33)30-21)27-9-32(23)19-5-15(41-13(3)37)17(43-19)8-40-12(2)36;1-2-3;/h6,9-10,14-19,38H,4-5,7-8H2,1-3H3;1H3;1H2/q-1;;/p+1/t14-,15-,16+,17+,18+,19+;;/m0../s1.